The second-order valence-electron chi connectivity index (χ2n) is 7.06. The van der Waals surface area contributed by atoms with E-state index in [4.69, 9.17) is 9.05 Å². The van der Waals surface area contributed by atoms with Crippen LogP contribution >= 0.6 is 7.60 Å². The van der Waals surface area contributed by atoms with Crippen LogP contribution in [-0.4, -0.2) is 21.6 Å². The molecule has 1 aromatic carbocycles. The minimum absolute atomic E-state index is 0.0191. The first-order valence-corrected chi connectivity index (χ1v) is 10.8. The Kier molecular flexibility index (Phi) is 5.36. The van der Waals surface area contributed by atoms with E-state index in [-0.39, 0.29) is 28.4 Å². The predicted molar refractivity (Wildman–Crippen MR) is 94.3 cm³/mol. The maximum Gasteiger partial charge on any atom is 0.279 e. The lowest BCUT2D eigenvalue weighted by Gasteiger charge is -2.36. The highest BCUT2D eigenvalue weighted by atomic mass is 32.2. The van der Waals surface area contributed by atoms with Gasteiger partial charge in [0.2, 0.25) is 0 Å². The Balaban J connectivity index is 2.42. The van der Waals surface area contributed by atoms with E-state index >= 15 is 0 Å². The van der Waals surface area contributed by atoms with Gasteiger partial charge in [-0.05, 0) is 19.1 Å². The van der Waals surface area contributed by atoms with E-state index in [9.17, 15) is 13.0 Å². The summed E-state index contributed by atoms with van der Waals surface area (Å²) >= 11 is 0. The zero-order chi connectivity index (χ0) is 18.2. The molecule has 134 valence electrons. The second kappa shape index (κ2) is 6.68. The predicted octanol–water partition coefficient (Wildman–Crippen LogP) is 4.49. The van der Waals surface area contributed by atoms with Gasteiger partial charge in [-0.3, -0.25) is 4.57 Å². The molecule has 0 unspecified atom stereocenters. The van der Waals surface area contributed by atoms with Crippen LogP contribution in [0.15, 0.2) is 39.9 Å². The summed E-state index contributed by atoms with van der Waals surface area (Å²) in [5.41, 5.74) is 0.716. The third-order valence-electron chi connectivity index (χ3n) is 3.66. The zero-order valence-corrected chi connectivity index (χ0v) is 16.4. The number of aryl methyl sites for hydroxylation is 1. The van der Waals surface area contributed by atoms with Crippen LogP contribution in [0.2, 0.25) is 0 Å². The molecule has 0 bridgehead atoms. The fraction of sp³-hybridized carbons (Fsp3) is 0.471. The molecule has 1 aliphatic rings. The van der Waals surface area contributed by atoms with Crippen LogP contribution in [0.4, 0.5) is 0 Å². The molecule has 5 nitrogen and oxygen atoms in total. The van der Waals surface area contributed by atoms with Gasteiger partial charge in [-0.2, -0.15) is 0 Å². The molecule has 0 saturated carbocycles. The van der Waals surface area contributed by atoms with Gasteiger partial charge >= 0.3 is 0 Å². The molecule has 1 heterocycles. The van der Waals surface area contributed by atoms with Crippen LogP contribution < -0.4 is 0 Å². The lowest BCUT2D eigenvalue weighted by Crippen LogP contribution is -2.29. The molecule has 2 rings (SSSR count). The first-order valence-electron chi connectivity index (χ1n) is 7.69. The van der Waals surface area contributed by atoms with Crippen molar-refractivity contribution in [2.75, 3.05) is 13.2 Å². The van der Waals surface area contributed by atoms with Crippen molar-refractivity contribution in [3.63, 3.8) is 0 Å². The van der Waals surface area contributed by atoms with Crippen molar-refractivity contribution in [2.45, 2.75) is 39.5 Å². The molecule has 24 heavy (non-hydrogen) atoms. The van der Waals surface area contributed by atoms with Gasteiger partial charge in [0, 0.05) is 5.41 Å². The second-order valence-corrected chi connectivity index (χ2v) is 10.8. The molecule has 1 fully saturated rings. The van der Waals surface area contributed by atoms with Crippen molar-refractivity contribution in [3.8, 4) is 0 Å². The van der Waals surface area contributed by atoms with E-state index in [1.807, 2.05) is 20.8 Å². The molecule has 7 heteroatoms. The fourth-order valence-corrected chi connectivity index (χ4v) is 6.19. The zero-order valence-electron chi connectivity index (χ0n) is 14.7. The lowest BCUT2D eigenvalue weighted by atomic mass is 9.97. The summed E-state index contributed by atoms with van der Waals surface area (Å²) in [6, 6.07) is 6.55. The van der Waals surface area contributed by atoms with Gasteiger partial charge in [0.25, 0.3) is 7.60 Å². The Labute approximate surface area is 144 Å². The lowest BCUT2D eigenvalue weighted by molar-refractivity contribution is 0.0457. The minimum atomic E-state index is -3.79. The summed E-state index contributed by atoms with van der Waals surface area (Å²) in [4.78, 5) is 0.138. The summed E-state index contributed by atoms with van der Waals surface area (Å²) < 4.78 is 49.4. The highest BCUT2D eigenvalue weighted by molar-refractivity contribution is 7.95. The van der Waals surface area contributed by atoms with Gasteiger partial charge < -0.3 is 9.05 Å². The average molecular weight is 371 g/mol. The molecular formula is C17H24O5PS-. The summed E-state index contributed by atoms with van der Waals surface area (Å²) in [7, 11) is -7.38. The van der Waals surface area contributed by atoms with E-state index in [2.05, 4.69) is 0 Å². The summed E-state index contributed by atoms with van der Waals surface area (Å²) in [5, 5.41) is 0. The molecule has 1 saturated heterocycles. The molecule has 0 atom stereocenters. The van der Waals surface area contributed by atoms with Crippen molar-refractivity contribution in [1.29, 1.82) is 0 Å². The topological polar surface area (TPSA) is 69.7 Å². The van der Waals surface area contributed by atoms with Crippen LogP contribution in [-0.2, 0) is 23.4 Å². The van der Waals surface area contributed by atoms with Crippen molar-refractivity contribution < 1.29 is 22.0 Å². The maximum absolute atomic E-state index is 12.9. The third kappa shape index (κ3) is 4.31. The number of allylic oxidation sites excluding steroid dienone is 1. The molecule has 1 aliphatic heterocycles. The molecule has 0 spiro atoms. The van der Waals surface area contributed by atoms with Gasteiger partial charge in [0.15, 0.2) is 9.84 Å². The van der Waals surface area contributed by atoms with Gasteiger partial charge in [0.1, 0.15) is 0 Å². The van der Waals surface area contributed by atoms with E-state index in [0.717, 1.165) is 11.4 Å². The fourth-order valence-electron chi connectivity index (χ4n) is 2.14. The highest BCUT2D eigenvalue weighted by Crippen LogP contribution is 2.56. The Morgan fingerprint density at radius 3 is 2.12 bits per heavy atom. The molecule has 0 aliphatic carbocycles. The van der Waals surface area contributed by atoms with Crippen LogP contribution in [0.3, 0.4) is 0 Å². The Hall–Kier alpha value is -1.07. The van der Waals surface area contributed by atoms with Gasteiger partial charge in [-0.1, -0.05) is 42.3 Å². The molecule has 0 aromatic heterocycles. The Bertz CT molecular complexity index is 762. The Morgan fingerprint density at radius 1 is 1.17 bits per heavy atom. The molecule has 0 amide bonds. The SMILES string of the molecule is Cc1ccc(S(=O)(=O)/C(=C/P2(=O)OCC(C)(C)CO2)[C-](C)C)cc1. The highest BCUT2D eigenvalue weighted by Gasteiger charge is 2.33. The van der Waals surface area contributed by atoms with Crippen LogP contribution in [0.1, 0.15) is 33.3 Å². The third-order valence-corrected chi connectivity index (χ3v) is 7.38. The Morgan fingerprint density at radius 2 is 1.67 bits per heavy atom. The normalized spacial score (nSPS) is 20.6. The minimum Gasteiger partial charge on any atom is -0.317 e. The number of rotatable bonds is 4. The van der Waals surface area contributed by atoms with E-state index in [1.165, 1.54) is 0 Å². The molecule has 0 radical (unpaired) electrons. The van der Waals surface area contributed by atoms with Crippen molar-refractivity contribution in [1.82, 2.24) is 0 Å². The molecular weight excluding hydrogens is 347 g/mol. The summed E-state index contributed by atoms with van der Waals surface area (Å²) in [6.07, 6.45) is 0. The van der Waals surface area contributed by atoms with Gasteiger partial charge in [0.05, 0.1) is 18.1 Å². The van der Waals surface area contributed by atoms with Gasteiger partial charge in [-0.25, -0.2) is 14.3 Å². The van der Waals surface area contributed by atoms with Crippen molar-refractivity contribution >= 4 is 17.4 Å². The number of sulfone groups is 1. The van der Waals surface area contributed by atoms with Gasteiger partial charge in [-0.15, -0.1) is 13.8 Å². The maximum atomic E-state index is 12.9. The van der Waals surface area contributed by atoms with E-state index < -0.39 is 17.4 Å². The number of benzene rings is 1. The summed E-state index contributed by atoms with van der Waals surface area (Å²) in [5.74, 6) is 1.68. The van der Waals surface area contributed by atoms with E-state index in [1.54, 1.807) is 38.1 Å². The standard InChI is InChI=1S/C17H24O5PS/c1-13(2)16(10-23(18)21-11-17(4,5)12-22-23)24(19,20)15-8-6-14(3)7-9-15/h6-10H,11-12H2,1-5H3/q-1/b16-10+. The summed E-state index contributed by atoms with van der Waals surface area (Å²) in [6.45, 7) is 9.58. The van der Waals surface area contributed by atoms with Crippen LogP contribution in [0, 0.1) is 18.3 Å². The molecule has 0 N–H and O–H groups in total. The molecule has 1 aromatic rings. The van der Waals surface area contributed by atoms with Crippen molar-refractivity contribution in [2.24, 2.45) is 5.41 Å². The quantitative estimate of drug-likeness (QED) is 0.576. The van der Waals surface area contributed by atoms with Crippen LogP contribution in [0.5, 0.6) is 0 Å². The average Bonchev–Trinajstić information content (AvgIpc) is 2.49. The number of hydrogen-bond donors (Lipinski definition) is 0. The smallest absolute Gasteiger partial charge is 0.279 e. The first kappa shape index (κ1) is 19.3. The largest absolute Gasteiger partial charge is 0.317 e. The number of hydrogen-bond acceptors (Lipinski definition) is 5. The van der Waals surface area contributed by atoms with Crippen molar-refractivity contribution in [3.05, 3.63) is 46.5 Å². The van der Waals surface area contributed by atoms with E-state index in [0.29, 0.717) is 5.92 Å². The monoisotopic (exact) mass is 371 g/mol. The first-order chi connectivity index (χ1) is 11.0. The van der Waals surface area contributed by atoms with Crippen LogP contribution in [0.25, 0.3) is 0 Å².